The number of ether oxygens (including phenoxy) is 1. The van der Waals surface area contributed by atoms with Crippen LogP contribution in [0.1, 0.15) is 38.7 Å². The first-order valence-electron chi connectivity index (χ1n) is 7.21. The second-order valence-electron chi connectivity index (χ2n) is 6.41. The van der Waals surface area contributed by atoms with Crippen molar-refractivity contribution in [3.63, 3.8) is 0 Å². The summed E-state index contributed by atoms with van der Waals surface area (Å²) in [5.41, 5.74) is 0.464. The van der Waals surface area contributed by atoms with E-state index in [9.17, 15) is 15.0 Å². The number of phenolic OH excluding ortho intramolecular Hbond substituents is 1. The van der Waals surface area contributed by atoms with E-state index in [1.807, 2.05) is 32.9 Å². The van der Waals surface area contributed by atoms with Gasteiger partial charge in [0.05, 0.1) is 12.6 Å². The van der Waals surface area contributed by atoms with E-state index in [2.05, 4.69) is 0 Å². The fraction of sp³-hybridized carbons (Fsp3) is 0.562. The van der Waals surface area contributed by atoms with Crippen molar-refractivity contribution < 1.29 is 19.7 Å². The van der Waals surface area contributed by atoms with E-state index in [4.69, 9.17) is 4.74 Å². The van der Waals surface area contributed by atoms with Gasteiger partial charge in [-0.05, 0) is 44.9 Å². The average molecular weight is 293 g/mol. The number of carbonyl (C=O) groups is 1. The Kier molecular flexibility index (Phi) is 4.42. The Hall–Kier alpha value is -1.75. The van der Waals surface area contributed by atoms with Gasteiger partial charge in [-0.3, -0.25) is 0 Å². The molecule has 0 aromatic heterocycles. The summed E-state index contributed by atoms with van der Waals surface area (Å²) in [5, 5.41) is 19.0. The molecular formula is C16H23NO4. The molecule has 0 unspecified atom stereocenters. The zero-order chi connectivity index (χ0) is 15.6. The van der Waals surface area contributed by atoms with Gasteiger partial charge in [0.1, 0.15) is 11.4 Å². The lowest BCUT2D eigenvalue weighted by Gasteiger charge is -2.29. The van der Waals surface area contributed by atoms with Crippen LogP contribution in [0.15, 0.2) is 24.3 Å². The molecule has 0 radical (unpaired) electrons. The highest BCUT2D eigenvalue weighted by atomic mass is 16.6. The molecule has 0 aliphatic carbocycles. The maximum atomic E-state index is 12.2. The predicted octanol–water partition coefficient (Wildman–Crippen LogP) is 2.48. The van der Waals surface area contributed by atoms with Crippen LogP contribution in [-0.4, -0.2) is 46.0 Å². The van der Waals surface area contributed by atoms with Crippen LogP contribution < -0.4 is 0 Å². The number of aromatic hydroxyl groups is 1. The number of rotatable bonds is 2. The van der Waals surface area contributed by atoms with Gasteiger partial charge in [0.2, 0.25) is 0 Å². The standard InChI is InChI=1S/C16H23NO4/c1-16(2,3)21-15(20)17-9-8-13(14(17)10-18)11-4-6-12(19)7-5-11/h4-7,13-14,18-19H,8-10H2,1-3H3/t13-,14+/m1/s1. The van der Waals surface area contributed by atoms with E-state index in [1.165, 1.54) is 0 Å². The van der Waals surface area contributed by atoms with Crippen LogP contribution in [0, 0.1) is 0 Å². The number of nitrogens with zero attached hydrogens (tertiary/aromatic N) is 1. The van der Waals surface area contributed by atoms with Gasteiger partial charge < -0.3 is 19.8 Å². The number of likely N-dealkylation sites (tertiary alicyclic amines) is 1. The van der Waals surface area contributed by atoms with Crippen molar-refractivity contribution in [2.75, 3.05) is 13.2 Å². The molecule has 1 aliphatic heterocycles. The molecule has 1 fully saturated rings. The Morgan fingerprint density at radius 2 is 1.95 bits per heavy atom. The van der Waals surface area contributed by atoms with Crippen LogP contribution in [0.2, 0.25) is 0 Å². The maximum absolute atomic E-state index is 12.2. The largest absolute Gasteiger partial charge is 0.508 e. The topological polar surface area (TPSA) is 70.0 Å². The first-order valence-corrected chi connectivity index (χ1v) is 7.21. The number of hydrogen-bond donors (Lipinski definition) is 2. The molecule has 1 amide bonds. The SMILES string of the molecule is CC(C)(C)OC(=O)N1CC[C@H](c2ccc(O)cc2)[C@@H]1CO. The fourth-order valence-corrected chi connectivity index (χ4v) is 2.74. The third-order valence-corrected chi connectivity index (χ3v) is 3.68. The lowest BCUT2D eigenvalue weighted by Crippen LogP contribution is -2.42. The number of aliphatic hydroxyl groups excluding tert-OH is 1. The van der Waals surface area contributed by atoms with E-state index in [0.717, 1.165) is 12.0 Å². The van der Waals surface area contributed by atoms with Gasteiger partial charge in [-0.2, -0.15) is 0 Å². The Morgan fingerprint density at radius 3 is 2.48 bits per heavy atom. The Morgan fingerprint density at radius 1 is 1.33 bits per heavy atom. The van der Waals surface area contributed by atoms with E-state index in [-0.39, 0.29) is 30.4 Å². The van der Waals surface area contributed by atoms with Crippen LogP contribution in [0.5, 0.6) is 5.75 Å². The van der Waals surface area contributed by atoms with Gasteiger partial charge in [0, 0.05) is 12.5 Å². The molecule has 2 N–H and O–H groups in total. The summed E-state index contributed by atoms with van der Waals surface area (Å²) in [5.74, 6) is 0.268. The van der Waals surface area contributed by atoms with Crippen molar-refractivity contribution in [2.45, 2.75) is 44.8 Å². The second kappa shape index (κ2) is 5.93. The first kappa shape index (κ1) is 15.6. The fourth-order valence-electron chi connectivity index (χ4n) is 2.74. The number of benzene rings is 1. The molecule has 1 aromatic carbocycles. The average Bonchev–Trinajstić information content (AvgIpc) is 2.81. The quantitative estimate of drug-likeness (QED) is 0.879. The monoisotopic (exact) mass is 293 g/mol. The number of aliphatic hydroxyl groups is 1. The summed E-state index contributed by atoms with van der Waals surface area (Å²) < 4.78 is 5.39. The molecule has 21 heavy (non-hydrogen) atoms. The Labute approximate surface area is 125 Å². The summed E-state index contributed by atoms with van der Waals surface area (Å²) in [6, 6.07) is 6.63. The molecule has 116 valence electrons. The lowest BCUT2D eigenvalue weighted by atomic mass is 9.92. The van der Waals surface area contributed by atoms with Crippen LogP contribution >= 0.6 is 0 Å². The first-order chi connectivity index (χ1) is 9.81. The summed E-state index contributed by atoms with van der Waals surface area (Å²) in [6.07, 6.45) is 0.387. The molecule has 0 bridgehead atoms. The minimum Gasteiger partial charge on any atom is -0.508 e. The van der Waals surface area contributed by atoms with E-state index >= 15 is 0 Å². The summed E-state index contributed by atoms with van der Waals surface area (Å²) in [7, 11) is 0. The molecular weight excluding hydrogens is 270 g/mol. The molecule has 1 aliphatic rings. The smallest absolute Gasteiger partial charge is 0.410 e. The van der Waals surface area contributed by atoms with Crippen molar-refractivity contribution in [3.05, 3.63) is 29.8 Å². The second-order valence-corrected chi connectivity index (χ2v) is 6.41. The highest BCUT2D eigenvalue weighted by molar-refractivity contribution is 5.69. The van der Waals surface area contributed by atoms with E-state index in [1.54, 1.807) is 17.0 Å². The summed E-state index contributed by atoms with van der Waals surface area (Å²) in [4.78, 5) is 13.8. The number of hydrogen-bond acceptors (Lipinski definition) is 4. The molecule has 1 heterocycles. The van der Waals surface area contributed by atoms with Gasteiger partial charge in [-0.15, -0.1) is 0 Å². The van der Waals surface area contributed by atoms with Crippen LogP contribution in [-0.2, 0) is 4.74 Å². The zero-order valence-corrected chi connectivity index (χ0v) is 12.7. The highest BCUT2D eigenvalue weighted by Gasteiger charge is 2.39. The minimum atomic E-state index is -0.548. The summed E-state index contributed by atoms with van der Waals surface area (Å²) >= 11 is 0. The molecule has 0 spiro atoms. The number of amides is 1. The molecule has 1 saturated heterocycles. The van der Waals surface area contributed by atoms with Crippen molar-refractivity contribution in [1.29, 1.82) is 0 Å². The highest BCUT2D eigenvalue weighted by Crippen LogP contribution is 2.34. The summed E-state index contributed by atoms with van der Waals surface area (Å²) in [6.45, 7) is 5.93. The molecule has 5 heteroatoms. The zero-order valence-electron chi connectivity index (χ0n) is 12.7. The molecule has 2 atom stereocenters. The molecule has 5 nitrogen and oxygen atoms in total. The van der Waals surface area contributed by atoms with Crippen molar-refractivity contribution in [2.24, 2.45) is 0 Å². The Bertz CT molecular complexity index is 492. The lowest BCUT2D eigenvalue weighted by molar-refractivity contribution is 0.0165. The normalized spacial score (nSPS) is 22.4. The van der Waals surface area contributed by atoms with Gasteiger partial charge in [-0.25, -0.2) is 4.79 Å². The van der Waals surface area contributed by atoms with Crippen molar-refractivity contribution in [3.8, 4) is 5.75 Å². The van der Waals surface area contributed by atoms with Gasteiger partial charge >= 0.3 is 6.09 Å². The minimum absolute atomic E-state index is 0.0584. The van der Waals surface area contributed by atoms with E-state index in [0.29, 0.717) is 6.54 Å². The third kappa shape index (κ3) is 3.67. The van der Waals surface area contributed by atoms with Crippen molar-refractivity contribution >= 4 is 6.09 Å². The predicted molar refractivity (Wildman–Crippen MR) is 79.3 cm³/mol. The van der Waals surface area contributed by atoms with Crippen LogP contribution in [0.25, 0.3) is 0 Å². The van der Waals surface area contributed by atoms with Crippen LogP contribution in [0.4, 0.5) is 4.79 Å². The number of phenols is 1. The van der Waals surface area contributed by atoms with Crippen molar-refractivity contribution in [1.82, 2.24) is 4.90 Å². The van der Waals surface area contributed by atoms with Gasteiger partial charge in [0.25, 0.3) is 0 Å². The van der Waals surface area contributed by atoms with Gasteiger partial charge in [0.15, 0.2) is 0 Å². The number of carbonyl (C=O) groups excluding carboxylic acids is 1. The molecule has 1 aromatic rings. The van der Waals surface area contributed by atoms with E-state index < -0.39 is 5.60 Å². The van der Waals surface area contributed by atoms with Gasteiger partial charge in [-0.1, -0.05) is 12.1 Å². The van der Waals surface area contributed by atoms with Crippen LogP contribution in [0.3, 0.4) is 0 Å². The molecule has 2 rings (SSSR count). The maximum Gasteiger partial charge on any atom is 0.410 e. The molecule has 0 saturated carbocycles. The third-order valence-electron chi connectivity index (χ3n) is 3.68. The Balaban J connectivity index is 2.14.